The van der Waals surface area contributed by atoms with Gasteiger partial charge in [0.15, 0.2) is 0 Å². The molecule has 2 heterocycles. The van der Waals surface area contributed by atoms with Crippen molar-refractivity contribution in [2.75, 3.05) is 30.4 Å². The first-order chi connectivity index (χ1) is 9.61. The van der Waals surface area contributed by atoms with E-state index in [0.717, 1.165) is 55.6 Å². The van der Waals surface area contributed by atoms with Crippen LogP contribution in [-0.4, -0.2) is 35.8 Å². The Labute approximate surface area is 121 Å². The van der Waals surface area contributed by atoms with Crippen LogP contribution >= 0.6 is 0 Å². The van der Waals surface area contributed by atoms with Crippen LogP contribution in [0.2, 0.25) is 0 Å². The van der Waals surface area contributed by atoms with E-state index in [4.69, 9.17) is 4.74 Å². The standard InChI is InChI=1S/C15H26N4O/c1-5-7-16-14-10(2)15(19-12(4)18-14)17-11(3)13-6-8-20-9-13/h11,13H,5-9H2,1-4H3,(H2,16,17,18,19). The minimum Gasteiger partial charge on any atom is -0.381 e. The number of aromatic nitrogens is 2. The summed E-state index contributed by atoms with van der Waals surface area (Å²) in [6, 6.07) is 0.365. The summed E-state index contributed by atoms with van der Waals surface area (Å²) in [6.45, 7) is 11.0. The Morgan fingerprint density at radius 2 is 2.05 bits per heavy atom. The molecule has 20 heavy (non-hydrogen) atoms. The lowest BCUT2D eigenvalue weighted by Crippen LogP contribution is -2.27. The van der Waals surface area contributed by atoms with E-state index in [-0.39, 0.29) is 0 Å². The molecule has 1 aromatic rings. The number of hydrogen-bond donors (Lipinski definition) is 2. The van der Waals surface area contributed by atoms with Gasteiger partial charge in [-0.3, -0.25) is 0 Å². The summed E-state index contributed by atoms with van der Waals surface area (Å²) in [5.41, 5.74) is 1.09. The fraction of sp³-hybridized carbons (Fsp3) is 0.733. The fourth-order valence-corrected chi connectivity index (χ4v) is 2.47. The average molecular weight is 278 g/mol. The molecule has 2 unspecified atom stereocenters. The Balaban J connectivity index is 2.11. The highest BCUT2D eigenvalue weighted by atomic mass is 16.5. The molecule has 2 atom stereocenters. The van der Waals surface area contributed by atoms with E-state index in [1.807, 2.05) is 6.92 Å². The van der Waals surface area contributed by atoms with Crippen LogP contribution in [0, 0.1) is 19.8 Å². The molecule has 0 aliphatic carbocycles. The molecule has 5 heteroatoms. The molecule has 112 valence electrons. The molecule has 0 saturated carbocycles. The number of hydrogen-bond acceptors (Lipinski definition) is 5. The average Bonchev–Trinajstić information content (AvgIpc) is 2.95. The van der Waals surface area contributed by atoms with Crippen LogP contribution in [0.4, 0.5) is 11.6 Å². The second-order valence-electron chi connectivity index (χ2n) is 5.58. The second kappa shape index (κ2) is 6.88. The number of rotatable bonds is 6. The van der Waals surface area contributed by atoms with E-state index in [1.54, 1.807) is 0 Å². The Hall–Kier alpha value is -1.36. The van der Waals surface area contributed by atoms with Crippen molar-refractivity contribution in [1.29, 1.82) is 0 Å². The van der Waals surface area contributed by atoms with Gasteiger partial charge >= 0.3 is 0 Å². The second-order valence-corrected chi connectivity index (χ2v) is 5.58. The maximum Gasteiger partial charge on any atom is 0.134 e. The smallest absolute Gasteiger partial charge is 0.134 e. The zero-order chi connectivity index (χ0) is 14.5. The molecular formula is C15H26N4O. The third-order valence-corrected chi connectivity index (χ3v) is 3.84. The minimum absolute atomic E-state index is 0.365. The summed E-state index contributed by atoms with van der Waals surface area (Å²) in [7, 11) is 0. The Morgan fingerprint density at radius 3 is 2.70 bits per heavy atom. The topological polar surface area (TPSA) is 59.1 Å². The normalized spacial score (nSPS) is 19.9. The van der Waals surface area contributed by atoms with E-state index in [1.165, 1.54) is 0 Å². The fourth-order valence-electron chi connectivity index (χ4n) is 2.47. The molecule has 1 saturated heterocycles. The van der Waals surface area contributed by atoms with Crippen LogP contribution in [0.5, 0.6) is 0 Å². The Kier molecular flexibility index (Phi) is 5.17. The molecule has 0 spiro atoms. The van der Waals surface area contributed by atoms with Crippen molar-refractivity contribution in [2.24, 2.45) is 5.92 Å². The molecule has 0 bridgehead atoms. The molecule has 2 N–H and O–H groups in total. The van der Waals surface area contributed by atoms with Crippen LogP contribution in [-0.2, 0) is 4.74 Å². The van der Waals surface area contributed by atoms with Crippen molar-refractivity contribution >= 4 is 11.6 Å². The molecular weight excluding hydrogens is 252 g/mol. The Bertz CT molecular complexity index is 444. The van der Waals surface area contributed by atoms with Gasteiger partial charge in [-0.1, -0.05) is 6.92 Å². The number of nitrogens with zero attached hydrogens (tertiary/aromatic N) is 2. The third-order valence-electron chi connectivity index (χ3n) is 3.84. The van der Waals surface area contributed by atoms with Gasteiger partial charge in [0.05, 0.1) is 6.61 Å². The van der Waals surface area contributed by atoms with E-state index in [2.05, 4.69) is 41.4 Å². The van der Waals surface area contributed by atoms with Crippen molar-refractivity contribution in [3.8, 4) is 0 Å². The van der Waals surface area contributed by atoms with Gasteiger partial charge in [0.2, 0.25) is 0 Å². The molecule has 0 radical (unpaired) electrons. The molecule has 2 rings (SSSR count). The summed E-state index contributed by atoms with van der Waals surface area (Å²) >= 11 is 0. The van der Waals surface area contributed by atoms with Gasteiger partial charge in [-0.15, -0.1) is 0 Å². The molecule has 1 aliphatic rings. The lowest BCUT2D eigenvalue weighted by atomic mass is 10.0. The first kappa shape index (κ1) is 15.0. The van der Waals surface area contributed by atoms with Gasteiger partial charge in [0, 0.05) is 30.7 Å². The molecule has 0 aromatic carbocycles. The summed E-state index contributed by atoms with van der Waals surface area (Å²) < 4.78 is 5.46. The van der Waals surface area contributed by atoms with Gasteiger partial charge in [-0.05, 0) is 33.6 Å². The molecule has 0 amide bonds. The van der Waals surface area contributed by atoms with Gasteiger partial charge in [-0.2, -0.15) is 0 Å². The van der Waals surface area contributed by atoms with Crippen LogP contribution in [0.1, 0.15) is 38.1 Å². The highest BCUT2D eigenvalue weighted by molar-refractivity contribution is 5.57. The van der Waals surface area contributed by atoms with Crippen molar-refractivity contribution < 1.29 is 4.74 Å². The Morgan fingerprint density at radius 1 is 1.30 bits per heavy atom. The van der Waals surface area contributed by atoms with E-state index in [0.29, 0.717) is 12.0 Å². The summed E-state index contributed by atoms with van der Waals surface area (Å²) in [5.74, 6) is 3.25. The van der Waals surface area contributed by atoms with Crippen molar-refractivity contribution in [2.45, 2.75) is 46.6 Å². The van der Waals surface area contributed by atoms with E-state index >= 15 is 0 Å². The number of ether oxygens (including phenoxy) is 1. The van der Waals surface area contributed by atoms with Crippen molar-refractivity contribution in [3.05, 3.63) is 11.4 Å². The SMILES string of the molecule is CCCNc1nc(C)nc(NC(C)C2CCOC2)c1C. The van der Waals surface area contributed by atoms with Crippen LogP contribution < -0.4 is 10.6 Å². The van der Waals surface area contributed by atoms with Gasteiger partial charge < -0.3 is 15.4 Å². The zero-order valence-electron chi connectivity index (χ0n) is 13.0. The maximum atomic E-state index is 5.46. The summed E-state index contributed by atoms with van der Waals surface area (Å²) in [4.78, 5) is 9.04. The van der Waals surface area contributed by atoms with Crippen LogP contribution in [0.3, 0.4) is 0 Å². The lowest BCUT2D eigenvalue weighted by Gasteiger charge is -2.22. The molecule has 5 nitrogen and oxygen atoms in total. The molecule has 1 aromatic heterocycles. The minimum atomic E-state index is 0.365. The van der Waals surface area contributed by atoms with Gasteiger partial charge in [0.25, 0.3) is 0 Å². The highest BCUT2D eigenvalue weighted by Gasteiger charge is 2.23. The van der Waals surface area contributed by atoms with E-state index in [9.17, 15) is 0 Å². The lowest BCUT2D eigenvalue weighted by molar-refractivity contribution is 0.183. The molecule has 1 fully saturated rings. The summed E-state index contributed by atoms with van der Waals surface area (Å²) in [5, 5.41) is 6.91. The predicted octanol–water partition coefficient (Wildman–Crippen LogP) is 2.75. The largest absolute Gasteiger partial charge is 0.381 e. The van der Waals surface area contributed by atoms with Gasteiger partial charge in [0.1, 0.15) is 17.5 Å². The van der Waals surface area contributed by atoms with Gasteiger partial charge in [-0.25, -0.2) is 9.97 Å². The molecule has 1 aliphatic heterocycles. The first-order valence-electron chi connectivity index (χ1n) is 7.55. The monoisotopic (exact) mass is 278 g/mol. The first-order valence-corrected chi connectivity index (χ1v) is 7.55. The summed E-state index contributed by atoms with van der Waals surface area (Å²) in [6.07, 6.45) is 2.21. The highest BCUT2D eigenvalue weighted by Crippen LogP contribution is 2.24. The predicted molar refractivity (Wildman–Crippen MR) is 82.3 cm³/mol. The van der Waals surface area contributed by atoms with E-state index < -0.39 is 0 Å². The number of anilines is 2. The third kappa shape index (κ3) is 3.60. The van der Waals surface area contributed by atoms with Crippen LogP contribution in [0.15, 0.2) is 0 Å². The van der Waals surface area contributed by atoms with Crippen LogP contribution in [0.25, 0.3) is 0 Å². The number of aryl methyl sites for hydroxylation is 1. The quantitative estimate of drug-likeness (QED) is 0.838. The zero-order valence-corrected chi connectivity index (χ0v) is 13.0. The van der Waals surface area contributed by atoms with Crippen molar-refractivity contribution in [1.82, 2.24) is 9.97 Å². The number of nitrogens with one attached hydrogen (secondary N) is 2. The maximum absolute atomic E-state index is 5.46. The van der Waals surface area contributed by atoms with Crippen molar-refractivity contribution in [3.63, 3.8) is 0 Å².